The van der Waals surface area contributed by atoms with Gasteiger partial charge in [-0.25, -0.2) is 0 Å². The third-order valence-electron chi connectivity index (χ3n) is 2.54. The molecule has 1 aromatic carbocycles. The van der Waals surface area contributed by atoms with Gasteiger partial charge in [0, 0.05) is 7.05 Å². The summed E-state index contributed by atoms with van der Waals surface area (Å²) in [5.41, 5.74) is 0.849. The topological polar surface area (TPSA) is 29.5 Å². The molecule has 19 heavy (non-hydrogen) atoms. The van der Waals surface area contributed by atoms with E-state index in [-0.39, 0.29) is 5.91 Å². The Bertz CT molecular complexity index is 572. The Balaban J connectivity index is 2.27. The molecule has 6 heteroatoms. The van der Waals surface area contributed by atoms with Crippen molar-refractivity contribution in [3.63, 3.8) is 0 Å². The highest BCUT2D eigenvalue weighted by Crippen LogP contribution is 2.33. The van der Waals surface area contributed by atoms with Crippen molar-refractivity contribution in [2.45, 2.75) is 6.92 Å². The van der Waals surface area contributed by atoms with Gasteiger partial charge in [0.05, 0.1) is 16.5 Å². The maximum absolute atomic E-state index is 11.9. The first-order chi connectivity index (χ1) is 9.02. The number of ether oxygens (including phenoxy) is 1. The number of halogens is 1. The Morgan fingerprint density at radius 3 is 2.79 bits per heavy atom. The van der Waals surface area contributed by atoms with Crippen LogP contribution in [0.2, 0.25) is 5.02 Å². The van der Waals surface area contributed by atoms with Crippen LogP contribution in [-0.4, -0.2) is 28.8 Å². The maximum Gasteiger partial charge on any atom is 0.265 e. The number of thiocarbonyl (C=S) groups is 1. The van der Waals surface area contributed by atoms with Crippen LogP contribution in [0.5, 0.6) is 5.75 Å². The molecule has 0 unspecified atom stereocenters. The number of likely N-dealkylation sites (N-methyl/N-ethyl adjacent to an activating group) is 1. The minimum absolute atomic E-state index is 0.0833. The van der Waals surface area contributed by atoms with Crippen LogP contribution in [0.4, 0.5) is 0 Å². The summed E-state index contributed by atoms with van der Waals surface area (Å²) in [6.45, 7) is 2.46. The first kappa shape index (κ1) is 14.4. The molecule has 2 rings (SSSR count). The number of hydrogen-bond acceptors (Lipinski definition) is 4. The molecule has 1 fully saturated rings. The number of carbonyl (C=O) groups is 1. The summed E-state index contributed by atoms with van der Waals surface area (Å²) in [7, 11) is 1.67. The number of rotatable bonds is 3. The zero-order chi connectivity index (χ0) is 14.0. The largest absolute Gasteiger partial charge is 0.492 e. The second-order valence-electron chi connectivity index (χ2n) is 3.86. The van der Waals surface area contributed by atoms with Gasteiger partial charge in [-0.3, -0.25) is 9.69 Å². The highest BCUT2D eigenvalue weighted by atomic mass is 35.5. The van der Waals surface area contributed by atoms with Gasteiger partial charge in [-0.05, 0) is 30.7 Å². The highest BCUT2D eigenvalue weighted by molar-refractivity contribution is 8.26. The molecular weight excluding hydrogens is 302 g/mol. The lowest BCUT2D eigenvalue weighted by atomic mass is 10.2. The Kier molecular flexibility index (Phi) is 4.50. The van der Waals surface area contributed by atoms with Gasteiger partial charge < -0.3 is 4.74 Å². The molecule has 0 spiro atoms. The van der Waals surface area contributed by atoms with Crippen LogP contribution in [0, 0.1) is 0 Å². The molecule has 0 atom stereocenters. The third kappa shape index (κ3) is 3.11. The van der Waals surface area contributed by atoms with E-state index in [2.05, 4.69) is 0 Å². The predicted molar refractivity (Wildman–Crippen MR) is 83.6 cm³/mol. The Morgan fingerprint density at radius 1 is 1.53 bits per heavy atom. The van der Waals surface area contributed by atoms with Crippen LogP contribution in [0.15, 0.2) is 23.1 Å². The van der Waals surface area contributed by atoms with Crippen LogP contribution in [0.25, 0.3) is 6.08 Å². The van der Waals surface area contributed by atoms with Crippen molar-refractivity contribution in [1.82, 2.24) is 4.90 Å². The molecule has 1 heterocycles. The molecule has 0 aromatic heterocycles. The molecule has 100 valence electrons. The summed E-state index contributed by atoms with van der Waals surface area (Å²) >= 11 is 12.5. The van der Waals surface area contributed by atoms with Gasteiger partial charge in [0.2, 0.25) is 0 Å². The van der Waals surface area contributed by atoms with E-state index in [0.717, 1.165) is 5.56 Å². The first-order valence-electron chi connectivity index (χ1n) is 5.67. The summed E-state index contributed by atoms with van der Waals surface area (Å²) in [6.07, 6.45) is 1.78. The fourth-order valence-corrected chi connectivity index (χ4v) is 3.00. The number of thioether (sulfide) groups is 1. The van der Waals surface area contributed by atoms with Crippen molar-refractivity contribution in [3.8, 4) is 5.75 Å². The van der Waals surface area contributed by atoms with E-state index >= 15 is 0 Å². The second kappa shape index (κ2) is 5.94. The fourth-order valence-electron chi connectivity index (χ4n) is 1.58. The van der Waals surface area contributed by atoms with Crippen molar-refractivity contribution in [2.24, 2.45) is 0 Å². The lowest BCUT2D eigenvalue weighted by Crippen LogP contribution is -2.22. The number of benzene rings is 1. The normalized spacial score (nSPS) is 17.4. The van der Waals surface area contributed by atoms with E-state index in [4.69, 9.17) is 28.6 Å². The summed E-state index contributed by atoms with van der Waals surface area (Å²) < 4.78 is 5.93. The van der Waals surface area contributed by atoms with Gasteiger partial charge in [0.15, 0.2) is 0 Å². The minimum atomic E-state index is -0.0833. The van der Waals surface area contributed by atoms with Gasteiger partial charge in [-0.15, -0.1) is 0 Å². The molecule has 0 N–H and O–H groups in total. The van der Waals surface area contributed by atoms with E-state index < -0.39 is 0 Å². The molecule has 0 aliphatic carbocycles. The van der Waals surface area contributed by atoms with Crippen LogP contribution in [0.1, 0.15) is 12.5 Å². The van der Waals surface area contributed by atoms with Crippen molar-refractivity contribution in [3.05, 3.63) is 33.7 Å². The Morgan fingerprint density at radius 2 is 2.26 bits per heavy atom. The zero-order valence-corrected chi connectivity index (χ0v) is 12.9. The van der Waals surface area contributed by atoms with Crippen molar-refractivity contribution in [1.29, 1.82) is 0 Å². The van der Waals surface area contributed by atoms with E-state index in [9.17, 15) is 4.79 Å². The lowest BCUT2D eigenvalue weighted by Gasteiger charge is -2.06. The van der Waals surface area contributed by atoms with Gasteiger partial charge in [0.1, 0.15) is 10.1 Å². The number of nitrogens with zero attached hydrogens (tertiary/aromatic N) is 1. The smallest absolute Gasteiger partial charge is 0.265 e. The molecule has 3 nitrogen and oxygen atoms in total. The molecule has 0 radical (unpaired) electrons. The fraction of sp³-hybridized carbons (Fsp3) is 0.231. The Hall–Kier alpha value is -1.04. The lowest BCUT2D eigenvalue weighted by molar-refractivity contribution is -0.121. The van der Waals surface area contributed by atoms with E-state index in [1.165, 1.54) is 16.7 Å². The molecule has 0 saturated carbocycles. The van der Waals surface area contributed by atoms with Gasteiger partial charge >= 0.3 is 0 Å². The molecule has 1 saturated heterocycles. The number of carbonyl (C=O) groups excluding carboxylic acids is 1. The quantitative estimate of drug-likeness (QED) is 0.630. The van der Waals surface area contributed by atoms with E-state index in [1.807, 2.05) is 13.0 Å². The van der Waals surface area contributed by atoms with Crippen LogP contribution in [0.3, 0.4) is 0 Å². The summed E-state index contributed by atoms with van der Waals surface area (Å²) in [5.74, 6) is 0.560. The Labute approximate surface area is 126 Å². The maximum atomic E-state index is 11.9. The summed E-state index contributed by atoms with van der Waals surface area (Å²) in [6, 6.07) is 5.43. The molecule has 0 bridgehead atoms. The second-order valence-corrected chi connectivity index (χ2v) is 5.95. The van der Waals surface area contributed by atoms with E-state index in [1.54, 1.807) is 25.3 Å². The first-order valence-corrected chi connectivity index (χ1v) is 7.27. The van der Waals surface area contributed by atoms with Crippen LogP contribution in [-0.2, 0) is 4.79 Å². The molecule has 1 aliphatic heterocycles. The van der Waals surface area contributed by atoms with Gasteiger partial charge in [-0.2, -0.15) is 0 Å². The van der Waals surface area contributed by atoms with Gasteiger partial charge in [0.25, 0.3) is 5.91 Å². The molecule has 1 aliphatic rings. The average molecular weight is 314 g/mol. The zero-order valence-electron chi connectivity index (χ0n) is 10.5. The average Bonchev–Trinajstić information content (AvgIpc) is 2.61. The summed E-state index contributed by atoms with van der Waals surface area (Å²) in [5, 5.41) is 0.530. The van der Waals surface area contributed by atoms with Gasteiger partial charge in [-0.1, -0.05) is 41.6 Å². The van der Waals surface area contributed by atoms with Crippen LogP contribution >= 0.6 is 35.6 Å². The monoisotopic (exact) mass is 313 g/mol. The summed E-state index contributed by atoms with van der Waals surface area (Å²) in [4.78, 5) is 13.9. The minimum Gasteiger partial charge on any atom is -0.492 e. The van der Waals surface area contributed by atoms with Crippen LogP contribution < -0.4 is 4.74 Å². The van der Waals surface area contributed by atoms with Crippen molar-refractivity contribution in [2.75, 3.05) is 13.7 Å². The van der Waals surface area contributed by atoms with E-state index in [0.29, 0.717) is 26.6 Å². The van der Waals surface area contributed by atoms with Crippen molar-refractivity contribution >= 4 is 51.9 Å². The standard InChI is InChI=1S/C13H12ClNO2S2/c1-3-17-10-5-4-8(6-9(10)14)7-11-12(16)15(2)13(18)19-11/h4-7H,3H2,1-2H3/b11-7+. The highest BCUT2D eigenvalue weighted by Gasteiger charge is 2.28. The molecule has 1 amide bonds. The molecular formula is C13H12ClNO2S2. The number of amides is 1. The number of hydrogen-bond donors (Lipinski definition) is 0. The SMILES string of the molecule is CCOc1ccc(/C=C2/SC(=S)N(C)C2=O)cc1Cl. The third-order valence-corrected chi connectivity index (χ3v) is 4.32. The predicted octanol–water partition coefficient (Wildman–Crippen LogP) is 3.57. The van der Waals surface area contributed by atoms with Crippen molar-refractivity contribution < 1.29 is 9.53 Å². The molecule has 1 aromatic rings.